The van der Waals surface area contributed by atoms with E-state index in [1.807, 2.05) is 48.2 Å². The van der Waals surface area contributed by atoms with Gasteiger partial charge in [0.1, 0.15) is 5.82 Å². The Kier molecular flexibility index (Phi) is 4.89. The molecule has 1 fully saturated rings. The molecule has 0 radical (unpaired) electrons. The zero-order valence-electron chi connectivity index (χ0n) is 15.5. The molecule has 2 aromatic carbocycles. The molecule has 0 spiro atoms. The number of methoxy groups -OCH3 is 1. The van der Waals surface area contributed by atoms with Crippen LogP contribution >= 0.6 is 11.6 Å². The van der Waals surface area contributed by atoms with Crippen LogP contribution in [0.1, 0.15) is 23.7 Å². The van der Waals surface area contributed by atoms with E-state index in [1.54, 1.807) is 7.11 Å². The number of anilines is 1. The second kappa shape index (κ2) is 7.33. The molecule has 6 heteroatoms. The van der Waals surface area contributed by atoms with Crippen molar-refractivity contribution in [3.8, 4) is 0 Å². The van der Waals surface area contributed by atoms with Crippen LogP contribution in [0.3, 0.4) is 0 Å². The fourth-order valence-corrected chi connectivity index (χ4v) is 3.99. The van der Waals surface area contributed by atoms with Crippen LogP contribution in [-0.4, -0.2) is 35.7 Å². The van der Waals surface area contributed by atoms with Gasteiger partial charge in [0.05, 0.1) is 17.6 Å². The molecular formula is C21H22ClN3O2. The summed E-state index contributed by atoms with van der Waals surface area (Å²) in [7, 11) is 1.70. The van der Waals surface area contributed by atoms with Gasteiger partial charge in [-0.3, -0.25) is 4.79 Å². The van der Waals surface area contributed by atoms with Gasteiger partial charge in [-0.15, -0.1) is 0 Å². The Hall–Kier alpha value is -2.37. The van der Waals surface area contributed by atoms with Crippen molar-refractivity contribution >= 4 is 34.2 Å². The van der Waals surface area contributed by atoms with Crippen molar-refractivity contribution in [1.29, 1.82) is 0 Å². The quantitative estimate of drug-likeness (QED) is 0.664. The maximum atomic E-state index is 12.8. The van der Waals surface area contributed by atoms with Crippen LogP contribution in [0.15, 0.2) is 42.5 Å². The second-order valence-electron chi connectivity index (χ2n) is 6.89. The van der Waals surface area contributed by atoms with Crippen LogP contribution < -0.4 is 4.90 Å². The van der Waals surface area contributed by atoms with E-state index in [0.29, 0.717) is 31.1 Å². The lowest BCUT2D eigenvalue weighted by atomic mass is 10.1. The number of para-hydroxylation sites is 2. The van der Waals surface area contributed by atoms with Gasteiger partial charge in [-0.2, -0.15) is 0 Å². The molecule has 1 aliphatic heterocycles. The maximum absolute atomic E-state index is 12.8. The van der Waals surface area contributed by atoms with Gasteiger partial charge >= 0.3 is 0 Å². The number of benzene rings is 2. The zero-order chi connectivity index (χ0) is 19.0. The molecule has 1 unspecified atom stereocenters. The molecule has 3 aromatic rings. The van der Waals surface area contributed by atoms with Crippen molar-refractivity contribution in [1.82, 2.24) is 9.55 Å². The van der Waals surface area contributed by atoms with E-state index < -0.39 is 0 Å². The smallest absolute Gasteiger partial charge is 0.227 e. The number of carbonyl (C=O) groups is 1. The van der Waals surface area contributed by atoms with E-state index in [1.165, 1.54) is 0 Å². The highest BCUT2D eigenvalue weighted by Gasteiger charge is 2.35. The molecule has 27 heavy (non-hydrogen) atoms. The number of rotatable bonds is 5. The van der Waals surface area contributed by atoms with E-state index in [2.05, 4.69) is 10.6 Å². The lowest BCUT2D eigenvalue weighted by molar-refractivity contribution is -0.117. The summed E-state index contributed by atoms with van der Waals surface area (Å²) in [5, 5.41) is 0.677. The maximum Gasteiger partial charge on any atom is 0.227 e. The predicted octanol–water partition coefficient (Wildman–Crippen LogP) is 4.17. The van der Waals surface area contributed by atoms with Gasteiger partial charge in [0, 0.05) is 43.2 Å². The largest absolute Gasteiger partial charge is 0.383 e. The third-order valence-electron chi connectivity index (χ3n) is 5.22. The highest BCUT2D eigenvalue weighted by atomic mass is 35.5. The number of carbonyl (C=O) groups excluding carboxylic acids is 1. The minimum atomic E-state index is 0.0418. The molecule has 1 aliphatic rings. The van der Waals surface area contributed by atoms with Gasteiger partial charge < -0.3 is 14.2 Å². The van der Waals surface area contributed by atoms with E-state index in [-0.39, 0.29) is 11.8 Å². The Morgan fingerprint density at radius 3 is 2.85 bits per heavy atom. The molecular weight excluding hydrogens is 362 g/mol. The topological polar surface area (TPSA) is 47.4 Å². The molecule has 0 bridgehead atoms. The molecule has 2 heterocycles. The Bertz CT molecular complexity index is 998. The summed E-state index contributed by atoms with van der Waals surface area (Å²) in [6.07, 6.45) is 0.447. The molecule has 5 nitrogen and oxygen atoms in total. The number of hydrogen-bond donors (Lipinski definition) is 0. The van der Waals surface area contributed by atoms with Crippen molar-refractivity contribution in [3.05, 3.63) is 58.9 Å². The lowest BCUT2D eigenvalue weighted by Gasteiger charge is -2.20. The fraction of sp³-hybridized carbons (Fsp3) is 0.333. The number of nitrogens with zero attached hydrogens (tertiary/aromatic N) is 3. The van der Waals surface area contributed by atoms with Crippen LogP contribution in [-0.2, 0) is 16.1 Å². The number of hydrogen-bond acceptors (Lipinski definition) is 3. The monoisotopic (exact) mass is 383 g/mol. The SMILES string of the molecule is COCCn1c(C2CC(=O)N(c3cccc(Cl)c3C)C2)nc2ccccc21. The summed E-state index contributed by atoms with van der Waals surface area (Å²) in [5.41, 5.74) is 3.85. The van der Waals surface area contributed by atoms with Crippen molar-refractivity contribution in [2.24, 2.45) is 0 Å². The van der Waals surface area contributed by atoms with Gasteiger partial charge in [-0.25, -0.2) is 4.98 Å². The third-order valence-corrected chi connectivity index (χ3v) is 5.63. The van der Waals surface area contributed by atoms with Gasteiger partial charge in [-0.05, 0) is 36.8 Å². The summed E-state index contributed by atoms with van der Waals surface area (Å²) in [6, 6.07) is 13.8. The zero-order valence-corrected chi connectivity index (χ0v) is 16.2. The molecule has 1 atom stereocenters. The van der Waals surface area contributed by atoms with Crippen molar-refractivity contribution < 1.29 is 9.53 Å². The normalized spacial score (nSPS) is 17.2. The van der Waals surface area contributed by atoms with Crippen LogP contribution in [0.5, 0.6) is 0 Å². The van der Waals surface area contributed by atoms with Crippen LogP contribution in [0.2, 0.25) is 5.02 Å². The minimum Gasteiger partial charge on any atom is -0.383 e. The van der Waals surface area contributed by atoms with Crippen LogP contribution in [0.25, 0.3) is 11.0 Å². The standard InChI is InChI=1S/C21H22ClN3O2/c1-14-16(22)6-5-9-18(14)25-13-15(12-20(25)26)21-23-17-7-3-4-8-19(17)24(21)10-11-27-2/h3-9,15H,10-13H2,1-2H3. The molecule has 1 amide bonds. The Morgan fingerprint density at radius 2 is 2.04 bits per heavy atom. The number of fused-ring (bicyclic) bond motifs is 1. The summed E-state index contributed by atoms with van der Waals surface area (Å²) in [4.78, 5) is 19.5. The Morgan fingerprint density at radius 1 is 1.22 bits per heavy atom. The van der Waals surface area contributed by atoms with E-state index in [4.69, 9.17) is 21.3 Å². The first-order chi connectivity index (χ1) is 13.1. The van der Waals surface area contributed by atoms with Gasteiger partial charge in [0.2, 0.25) is 5.91 Å². The molecule has 1 aromatic heterocycles. The number of ether oxygens (including phenoxy) is 1. The van der Waals surface area contributed by atoms with E-state index in [0.717, 1.165) is 28.1 Å². The summed E-state index contributed by atoms with van der Waals surface area (Å²) in [6.45, 7) is 3.88. The molecule has 0 N–H and O–H groups in total. The number of imidazole rings is 1. The number of halogens is 1. The highest BCUT2D eigenvalue weighted by Crippen LogP contribution is 2.36. The first-order valence-corrected chi connectivity index (χ1v) is 9.47. The summed E-state index contributed by atoms with van der Waals surface area (Å²) in [5.74, 6) is 1.10. The van der Waals surface area contributed by atoms with Crippen LogP contribution in [0, 0.1) is 6.92 Å². The average Bonchev–Trinajstić information content (AvgIpc) is 3.23. The third kappa shape index (κ3) is 3.22. The molecule has 4 rings (SSSR count). The van der Waals surface area contributed by atoms with Gasteiger partial charge in [0.15, 0.2) is 0 Å². The minimum absolute atomic E-state index is 0.0418. The second-order valence-corrected chi connectivity index (χ2v) is 7.30. The molecule has 140 valence electrons. The number of amides is 1. The average molecular weight is 384 g/mol. The first-order valence-electron chi connectivity index (χ1n) is 9.09. The predicted molar refractivity (Wildman–Crippen MR) is 108 cm³/mol. The van der Waals surface area contributed by atoms with Crippen molar-refractivity contribution in [3.63, 3.8) is 0 Å². The van der Waals surface area contributed by atoms with Crippen LogP contribution in [0.4, 0.5) is 5.69 Å². The lowest BCUT2D eigenvalue weighted by Crippen LogP contribution is -2.25. The van der Waals surface area contributed by atoms with Gasteiger partial charge in [0.25, 0.3) is 0 Å². The van der Waals surface area contributed by atoms with Crippen molar-refractivity contribution in [2.45, 2.75) is 25.8 Å². The summed E-state index contributed by atoms with van der Waals surface area (Å²) >= 11 is 6.26. The van der Waals surface area contributed by atoms with Gasteiger partial charge in [-0.1, -0.05) is 29.8 Å². The molecule has 1 saturated heterocycles. The molecule has 0 aliphatic carbocycles. The van der Waals surface area contributed by atoms with Crippen molar-refractivity contribution in [2.75, 3.05) is 25.2 Å². The van der Waals surface area contributed by atoms with E-state index in [9.17, 15) is 4.79 Å². The Labute approximate surface area is 163 Å². The summed E-state index contributed by atoms with van der Waals surface area (Å²) < 4.78 is 7.47. The number of aromatic nitrogens is 2. The highest BCUT2D eigenvalue weighted by molar-refractivity contribution is 6.31. The fourth-order valence-electron chi connectivity index (χ4n) is 3.83. The first kappa shape index (κ1) is 18.0. The van der Waals surface area contributed by atoms with E-state index >= 15 is 0 Å². The Balaban J connectivity index is 1.70. The molecule has 0 saturated carbocycles.